The molecule has 0 unspecified atom stereocenters. The van der Waals surface area contributed by atoms with Crippen LogP contribution in [0, 0.1) is 13.8 Å². The maximum Gasteiger partial charge on any atom is 0.258 e. The summed E-state index contributed by atoms with van der Waals surface area (Å²) >= 11 is 0. The molecule has 4 heterocycles. The van der Waals surface area contributed by atoms with Gasteiger partial charge in [0.1, 0.15) is 6.17 Å². The van der Waals surface area contributed by atoms with Gasteiger partial charge in [-0.1, -0.05) is 12.6 Å². The highest BCUT2D eigenvalue weighted by molar-refractivity contribution is 6.04. The number of halogens is 1. The number of alkyl halides is 1. The maximum atomic E-state index is 13.8. The number of likely N-dealkylation sites (tertiary alicyclic amines) is 2. The van der Waals surface area contributed by atoms with Gasteiger partial charge in [-0.15, -0.1) is 0 Å². The average molecular weight is 519 g/mol. The van der Waals surface area contributed by atoms with Gasteiger partial charge in [-0.2, -0.15) is 0 Å². The number of amides is 2. The largest absolute Gasteiger partial charge is 0.337 e. The van der Waals surface area contributed by atoms with Crippen molar-refractivity contribution in [3.63, 3.8) is 0 Å². The predicted octanol–water partition coefficient (Wildman–Crippen LogP) is 4.58. The number of hydrogen-bond donors (Lipinski definition) is 1. The van der Waals surface area contributed by atoms with Crippen molar-refractivity contribution in [1.82, 2.24) is 24.3 Å². The summed E-state index contributed by atoms with van der Waals surface area (Å²) in [5.74, 6) is 0.112. The van der Waals surface area contributed by atoms with Gasteiger partial charge in [-0.05, 0) is 74.9 Å². The third kappa shape index (κ3) is 5.48. The van der Waals surface area contributed by atoms with Crippen molar-refractivity contribution in [2.45, 2.75) is 58.3 Å². The summed E-state index contributed by atoms with van der Waals surface area (Å²) < 4.78 is 15.9. The monoisotopic (exact) mass is 518 g/mol. The molecule has 1 N–H and O–H groups in total. The van der Waals surface area contributed by atoms with Gasteiger partial charge in [0.15, 0.2) is 0 Å². The summed E-state index contributed by atoms with van der Waals surface area (Å²) in [6.07, 6.45) is 5.51. The van der Waals surface area contributed by atoms with E-state index >= 15 is 0 Å². The summed E-state index contributed by atoms with van der Waals surface area (Å²) in [6.45, 7) is 10.6. The summed E-state index contributed by atoms with van der Waals surface area (Å²) in [5.41, 5.74) is 5.09. The van der Waals surface area contributed by atoms with Crippen LogP contribution in [0.3, 0.4) is 0 Å². The van der Waals surface area contributed by atoms with E-state index in [0.29, 0.717) is 44.1 Å². The molecule has 5 rings (SSSR count). The molecule has 1 aromatic carbocycles. The van der Waals surface area contributed by atoms with Crippen LogP contribution in [0.25, 0.3) is 11.0 Å². The number of nitrogens with one attached hydrogen (secondary N) is 1. The Bertz CT molecular complexity index is 1370. The molecule has 2 atom stereocenters. The predicted molar refractivity (Wildman–Crippen MR) is 146 cm³/mol. The molecule has 38 heavy (non-hydrogen) atoms. The fourth-order valence-electron chi connectivity index (χ4n) is 5.75. The molecule has 0 aliphatic carbocycles. The number of nitrogens with zero attached hydrogens (tertiary/aromatic N) is 5. The van der Waals surface area contributed by atoms with Gasteiger partial charge in [0, 0.05) is 50.2 Å². The molecule has 2 fully saturated rings. The topological polar surface area (TPSA) is 83.4 Å². The molecule has 8 nitrogen and oxygen atoms in total. The standard InChI is InChI=1S/C29H35FN6O2/c1-4-26(37)35-11-6-5-7-24(18-35)36-27-19(2)13-21(16-34-12-9-23(30)17-34)15-25(27)32-29(36)33-28(38)22-8-10-31-20(3)14-22/h4,8,10,13-15,23-24H,1,5-7,9,11-12,16-18H2,2-3H3,(H,32,33,38)/t23-,24+/m0/s1. The lowest BCUT2D eigenvalue weighted by Crippen LogP contribution is -2.34. The van der Waals surface area contributed by atoms with Gasteiger partial charge < -0.3 is 9.47 Å². The molecule has 2 amide bonds. The van der Waals surface area contributed by atoms with E-state index in [2.05, 4.69) is 32.4 Å². The molecule has 2 aliphatic heterocycles. The van der Waals surface area contributed by atoms with Crippen molar-refractivity contribution < 1.29 is 14.0 Å². The molecule has 2 aliphatic rings. The molecule has 9 heteroatoms. The number of carbonyl (C=O) groups excluding carboxylic acids is 2. The molecule has 0 saturated carbocycles. The summed E-state index contributed by atoms with van der Waals surface area (Å²) in [5, 5.41) is 3.05. The van der Waals surface area contributed by atoms with Crippen LogP contribution >= 0.6 is 0 Å². The van der Waals surface area contributed by atoms with Crippen molar-refractivity contribution in [2.24, 2.45) is 0 Å². The molecule has 0 radical (unpaired) electrons. The van der Waals surface area contributed by atoms with Crippen molar-refractivity contribution in [3.05, 3.63) is 65.5 Å². The third-order valence-electron chi connectivity index (χ3n) is 7.54. The average Bonchev–Trinajstić information content (AvgIpc) is 3.36. The molecule has 0 spiro atoms. The Labute approximate surface area is 222 Å². The fourth-order valence-corrected chi connectivity index (χ4v) is 5.75. The van der Waals surface area contributed by atoms with Gasteiger partial charge in [-0.25, -0.2) is 9.37 Å². The highest BCUT2D eigenvalue weighted by Crippen LogP contribution is 2.33. The van der Waals surface area contributed by atoms with Gasteiger partial charge in [-0.3, -0.25) is 24.8 Å². The highest BCUT2D eigenvalue weighted by atomic mass is 19.1. The zero-order valence-corrected chi connectivity index (χ0v) is 22.1. The van der Waals surface area contributed by atoms with Gasteiger partial charge in [0.2, 0.25) is 11.9 Å². The zero-order valence-electron chi connectivity index (χ0n) is 22.1. The maximum absolute atomic E-state index is 13.8. The molecule has 2 aromatic heterocycles. The fraction of sp³-hybridized carbons (Fsp3) is 0.448. The first-order chi connectivity index (χ1) is 18.3. The lowest BCUT2D eigenvalue weighted by molar-refractivity contribution is -0.126. The van der Waals surface area contributed by atoms with Crippen molar-refractivity contribution in [1.29, 1.82) is 0 Å². The van der Waals surface area contributed by atoms with Crippen molar-refractivity contribution in [2.75, 3.05) is 31.5 Å². The molecule has 3 aromatic rings. The van der Waals surface area contributed by atoms with E-state index < -0.39 is 6.17 Å². The number of aryl methyl sites for hydroxylation is 2. The van der Waals surface area contributed by atoms with Crippen LogP contribution in [0.1, 0.15) is 58.9 Å². The van der Waals surface area contributed by atoms with E-state index in [1.165, 1.54) is 6.08 Å². The molecular weight excluding hydrogens is 483 g/mol. The second-order valence-electron chi connectivity index (χ2n) is 10.5. The second kappa shape index (κ2) is 11.0. The number of pyridine rings is 1. The van der Waals surface area contributed by atoms with Crippen molar-refractivity contribution >= 4 is 28.8 Å². The quantitative estimate of drug-likeness (QED) is 0.483. The molecule has 2 saturated heterocycles. The Morgan fingerprint density at radius 1 is 1.16 bits per heavy atom. The Morgan fingerprint density at radius 2 is 2.00 bits per heavy atom. The first-order valence-electron chi connectivity index (χ1n) is 13.4. The van der Waals surface area contributed by atoms with E-state index in [1.54, 1.807) is 18.3 Å². The van der Waals surface area contributed by atoms with Gasteiger partial charge in [0.05, 0.1) is 17.1 Å². The number of aromatic nitrogens is 3. The number of carbonyl (C=O) groups is 2. The van der Waals surface area contributed by atoms with Gasteiger partial charge >= 0.3 is 0 Å². The van der Waals surface area contributed by atoms with E-state index in [1.807, 2.05) is 24.8 Å². The van der Waals surface area contributed by atoms with Crippen LogP contribution < -0.4 is 5.32 Å². The summed E-state index contributed by atoms with van der Waals surface area (Å²) in [6, 6.07) is 7.54. The third-order valence-corrected chi connectivity index (χ3v) is 7.54. The first kappa shape index (κ1) is 26.0. The number of imidazole rings is 1. The smallest absolute Gasteiger partial charge is 0.258 e. The van der Waals surface area contributed by atoms with Crippen LogP contribution in [-0.2, 0) is 11.3 Å². The van der Waals surface area contributed by atoms with Gasteiger partial charge in [0.25, 0.3) is 5.91 Å². The molecule has 0 bridgehead atoms. The lowest BCUT2D eigenvalue weighted by Gasteiger charge is -2.26. The molecule has 200 valence electrons. The minimum atomic E-state index is -0.769. The molecular formula is C29H35FN6O2. The van der Waals surface area contributed by atoms with Crippen LogP contribution in [0.15, 0.2) is 43.1 Å². The van der Waals surface area contributed by atoms with E-state index in [9.17, 15) is 14.0 Å². The zero-order chi connectivity index (χ0) is 26.8. The summed E-state index contributed by atoms with van der Waals surface area (Å²) in [7, 11) is 0. The minimum absolute atomic E-state index is 0.0590. The van der Waals surface area contributed by atoms with Crippen LogP contribution in [-0.4, -0.2) is 68.5 Å². The number of benzene rings is 1. The Hall–Kier alpha value is -3.59. The SMILES string of the molecule is C=CC(=O)N1CCCC[C@@H](n2c(NC(=O)c3ccnc(C)c3)nc3cc(CN4CC[C@H](F)C4)cc(C)c32)C1. The lowest BCUT2D eigenvalue weighted by atomic mass is 10.1. The number of rotatable bonds is 6. The first-order valence-corrected chi connectivity index (χ1v) is 13.4. The Balaban J connectivity index is 1.55. The summed E-state index contributed by atoms with van der Waals surface area (Å²) in [4.78, 5) is 38.9. The van der Waals surface area contributed by atoms with E-state index in [0.717, 1.165) is 53.7 Å². The number of hydrogen-bond acceptors (Lipinski definition) is 5. The number of fused-ring (bicyclic) bond motifs is 1. The number of anilines is 1. The van der Waals surface area contributed by atoms with Crippen LogP contribution in [0.4, 0.5) is 10.3 Å². The normalized spacial score (nSPS) is 20.4. The minimum Gasteiger partial charge on any atom is -0.337 e. The van der Waals surface area contributed by atoms with E-state index in [4.69, 9.17) is 4.98 Å². The van der Waals surface area contributed by atoms with Crippen LogP contribution in [0.5, 0.6) is 0 Å². The van der Waals surface area contributed by atoms with Crippen molar-refractivity contribution in [3.8, 4) is 0 Å². The van der Waals surface area contributed by atoms with Crippen LogP contribution in [0.2, 0.25) is 0 Å². The van der Waals surface area contributed by atoms with E-state index in [-0.39, 0.29) is 17.9 Å². The Kier molecular flexibility index (Phi) is 7.56. The second-order valence-corrected chi connectivity index (χ2v) is 10.5. The highest BCUT2D eigenvalue weighted by Gasteiger charge is 2.28. The Morgan fingerprint density at radius 3 is 2.74 bits per heavy atom.